The van der Waals surface area contributed by atoms with E-state index in [4.69, 9.17) is 4.74 Å². The number of hydrogen-bond donors (Lipinski definition) is 1. The average Bonchev–Trinajstić information content (AvgIpc) is 3.34. The van der Waals surface area contributed by atoms with Gasteiger partial charge in [0.1, 0.15) is 0 Å². The molecule has 0 saturated heterocycles. The summed E-state index contributed by atoms with van der Waals surface area (Å²) in [5, 5.41) is 3.54. The van der Waals surface area contributed by atoms with Crippen molar-refractivity contribution < 1.29 is 4.74 Å². The quantitative estimate of drug-likeness (QED) is 0.398. The van der Waals surface area contributed by atoms with Crippen molar-refractivity contribution in [1.29, 1.82) is 0 Å². The minimum atomic E-state index is 0. The second-order valence-electron chi connectivity index (χ2n) is 6.26. The number of para-hydroxylation sites is 1. The lowest BCUT2D eigenvalue weighted by Crippen LogP contribution is -2.44. The number of aliphatic imine (C=N–C) groups is 1. The van der Waals surface area contributed by atoms with Gasteiger partial charge in [-0.3, -0.25) is 9.89 Å². The van der Waals surface area contributed by atoms with Crippen LogP contribution in [0.1, 0.15) is 18.4 Å². The van der Waals surface area contributed by atoms with Gasteiger partial charge in [-0.25, -0.2) is 0 Å². The molecule has 6 heteroatoms. The molecule has 24 heavy (non-hydrogen) atoms. The third-order valence-corrected chi connectivity index (χ3v) is 4.68. The number of halogens is 1. The molecule has 5 nitrogen and oxygen atoms in total. The second kappa shape index (κ2) is 9.58. The number of nitrogens with one attached hydrogen (secondary N) is 1. The van der Waals surface area contributed by atoms with Crippen LogP contribution in [0.25, 0.3) is 0 Å². The number of hydrogen-bond acceptors (Lipinski definition) is 3. The predicted molar refractivity (Wildman–Crippen MR) is 111 cm³/mol. The van der Waals surface area contributed by atoms with Crippen LogP contribution in [0.15, 0.2) is 29.3 Å². The van der Waals surface area contributed by atoms with Crippen molar-refractivity contribution in [1.82, 2.24) is 10.2 Å². The third kappa shape index (κ3) is 4.83. The van der Waals surface area contributed by atoms with Crippen LogP contribution in [0.5, 0.6) is 0 Å². The molecule has 0 amide bonds. The van der Waals surface area contributed by atoms with E-state index < -0.39 is 0 Å². The smallest absolute Gasteiger partial charge is 0.198 e. The number of anilines is 1. The highest BCUT2D eigenvalue weighted by atomic mass is 127. The van der Waals surface area contributed by atoms with Gasteiger partial charge in [0.05, 0.1) is 6.61 Å². The van der Waals surface area contributed by atoms with Crippen LogP contribution in [0.4, 0.5) is 5.69 Å². The van der Waals surface area contributed by atoms with Crippen molar-refractivity contribution in [3.8, 4) is 0 Å². The number of ether oxygens (including phenoxy) is 1. The van der Waals surface area contributed by atoms with E-state index in [-0.39, 0.29) is 24.0 Å². The molecule has 0 unspecified atom stereocenters. The summed E-state index contributed by atoms with van der Waals surface area (Å²) in [4.78, 5) is 9.30. The zero-order valence-electron chi connectivity index (χ0n) is 14.7. The minimum absolute atomic E-state index is 0. The van der Waals surface area contributed by atoms with Gasteiger partial charge >= 0.3 is 0 Å². The van der Waals surface area contributed by atoms with Crippen molar-refractivity contribution in [2.24, 2.45) is 4.99 Å². The first-order chi connectivity index (χ1) is 11.3. The number of fused-ring (bicyclic) bond motifs is 1. The van der Waals surface area contributed by atoms with Gasteiger partial charge in [0.25, 0.3) is 0 Å². The molecular formula is C18H29IN4O. The maximum absolute atomic E-state index is 5.23. The Morgan fingerprint density at radius 2 is 2.12 bits per heavy atom. The van der Waals surface area contributed by atoms with E-state index >= 15 is 0 Å². The molecule has 134 valence electrons. The van der Waals surface area contributed by atoms with Gasteiger partial charge < -0.3 is 15.0 Å². The van der Waals surface area contributed by atoms with Gasteiger partial charge in [0.15, 0.2) is 5.96 Å². The fourth-order valence-corrected chi connectivity index (χ4v) is 3.29. The van der Waals surface area contributed by atoms with Crippen LogP contribution in [0, 0.1) is 0 Å². The van der Waals surface area contributed by atoms with E-state index in [0.717, 1.165) is 51.2 Å². The van der Waals surface area contributed by atoms with Crippen LogP contribution < -0.4 is 10.2 Å². The maximum Gasteiger partial charge on any atom is 0.198 e. The van der Waals surface area contributed by atoms with Gasteiger partial charge in [-0.2, -0.15) is 0 Å². The maximum atomic E-state index is 5.23. The van der Waals surface area contributed by atoms with Crippen molar-refractivity contribution in [3.63, 3.8) is 0 Å². The predicted octanol–water partition coefficient (Wildman–Crippen LogP) is 2.35. The average molecular weight is 444 g/mol. The number of methoxy groups -OCH3 is 1. The Kier molecular flexibility index (Phi) is 7.77. The van der Waals surface area contributed by atoms with Crippen LogP contribution in [-0.4, -0.2) is 63.8 Å². The number of rotatable bonds is 7. The molecule has 1 saturated carbocycles. The molecule has 1 N–H and O–H groups in total. The lowest BCUT2D eigenvalue weighted by Gasteiger charge is -2.25. The molecule has 0 aromatic heterocycles. The molecule has 1 aromatic carbocycles. The summed E-state index contributed by atoms with van der Waals surface area (Å²) in [7, 11) is 3.64. The zero-order chi connectivity index (χ0) is 16.1. The van der Waals surface area contributed by atoms with Gasteiger partial charge in [-0.15, -0.1) is 24.0 Å². The number of benzene rings is 1. The standard InChI is InChI=1S/C18H28N4O.HI/c1-19-18(22-11-9-15-5-3-4-6-17(15)22)20-10-12-21(13-14-23-2)16-7-8-16;/h3-6,16H,7-14H2,1-2H3,(H,19,20);1H. The summed E-state index contributed by atoms with van der Waals surface area (Å²) < 4.78 is 5.23. The molecule has 1 heterocycles. The van der Waals surface area contributed by atoms with E-state index in [0.29, 0.717) is 0 Å². The highest BCUT2D eigenvalue weighted by Gasteiger charge is 2.28. The topological polar surface area (TPSA) is 40.1 Å². The summed E-state index contributed by atoms with van der Waals surface area (Å²) in [5.74, 6) is 0.984. The Bertz CT molecular complexity index is 548. The highest BCUT2D eigenvalue weighted by Crippen LogP contribution is 2.27. The second-order valence-corrected chi connectivity index (χ2v) is 6.26. The molecule has 0 spiro atoms. The molecule has 1 aromatic rings. The van der Waals surface area contributed by atoms with Crippen LogP contribution in [0.2, 0.25) is 0 Å². The van der Waals surface area contributed by atoms with Gasteiger partial charge in [0, 0.05) is 52.1 Å². The van der Waals surface area contributed by atoms with Gasteiger partial charge in [-0.05, 0) is 30.9 Å². The molecule has 0 radical (unpaired) electrons. The SMILES string of the molecule is CN=C(NCCN(CCOC)C1CC1)N1CCc2ccccc21.I. The van der Waals surface area contributed by atoms with E-state index in [1.165, 1.54) is 24.1 Å². The monoisotopic (exact) mass is 444 g/mol. The summed E-state index contributed by atoms with van der Waals surface area (Å²) >= 11 is 0. The van der Waals surface area contributed by atoms with Crippen molar-refractivity contribution in [2.75, 3.05) is 51.8 Å². The van der Waals surface area contributed by atoms with E-state index in [9.17, 15) is 0 Å². The molecular weight excluding hydrogens is 415 g/mol. The van der Waals surface area contributed by atoms with Crippen molar-refractivity contribution in [2.45, 2.75) is 25.3 Å². The normalized spacial score (nSPS) is 17.0. The van der Waals surface area contributed by atoms with Crippen LogP contribution in [-0.2, 0) is 11.2 Å². The largest absolute Gasteiger partial charge is 0.383 e. The molecule has 3 rings (SSSR count). The van der Waals surface area contributed by atoms with E-state index in [2.05, 4.69) is 44.4 Å². The lowest BCUT2D eigenvalue weighted by molar-refractivity contribution is 0.144. The fraction of sp³-hybridized carbons (Fsp3) is 0.611. The van der Waals surface area contributed by atoms with Gasteiger partial charge in [-0.1, -0.05) is 18.2 Å². The molecule has 0 bridgehead atoms. The Morgan fingerprint density at radius 3 is 2.83 bits per heavy atom. The molecule has 0 atom stereocenters. The van der Waals surface area contributed by atoms with Crippen LogP contribution in [0.3, 0.4) is 0 Å². The van der Waals surface area contributed by atoms with Gasteiger partial charge in [0.2, 0.25) is 0 Å². The Morgan fingerprint density at radius 1 is 1.33 bits per heavy atom. The summed E-state index contributed by atoms with van der Waals surface area (Å²) in [6, 6.07) is 9.37. The Balaban J connectivity index is 0.00000208. The highest BCUT2D eigenvalue weighted by molar-refractivity contribution is 14.0. The minimum Gasteiger partial charge on any atom is -0.383 e. The van der Waals surface area contributed by atoms with E-state index in [1.807, 2.05) is 7.05 Å². The summed E-state index contributed by atoms with van der Waals surface area (Å²) in [5.41, 5.74) is 2.70. The fourth-order valence-electron chi connectivity index (χ4n) is 3.29. The summed E-state index contributed by atoms with van der Waals surface area (Å²) in [6.07, 6.45) is 3.76. The first-order valence-electron chi connectivity index (χ1n) is 8.62. The first-order valence-corrected chi connectivity index (χ1v) is 8.62. The Hall–Kier alpha value is -0.860. The molecule has 1 aliphatic heterocycles. The first kappa shape index (κ1) is 19.5. The molecule has 1 aliphatic carbocycles. The number of nitrogens with zero attached hydrogens (tertiary/aromatic N) is 3. The molecule has 2 aliphatic rings. The Labute approximate surface area is 162 Å². The van der Waals surface area contributed by atoms with Crippen LogP contribution >= 0.6 is 24.0 Å². The number of guanidine groups is 1. The third-order valence-electron chi connectivity index (χ3n) is 4.68. The summed E-state index contributed by atoms with van der Waals surface area (Å²) in [6.45, 7) is 4.81. The van der Waals surface area contributed by atoms with Crippen molar-refractivity contribution in [3.05, 3.63) is 29.8 Å². The van der Waals surface area contributed by atoms with E-state index in [1.54, 1.807) is 7.11 Å². The van der Waals surface area contributed by atoms with Crippen molar-refractivity contribution >= 4 is 35.6 Å². The molecule has 1 fully saturated rings. The zero-order valence-corrected chi connectivity index (χ0v) is 17.0. The lowest BCUT2D eigenvalue weighted by atomic mass is 10.2.